The highest BCUT2D eigenvalue weighted by molar-refractivity contribution is 5.59. The number of benzene rings is 1. The van der Waals surface area contributed by atoms with Crippen LogP contribution in [0.4, 0.5) is 17.5 Å². The van der Waals surface area contributed by atoms with Gasteiger partial charge < -0.3 is 16.0 Å². The van der Waals surface area contributed by atoms with Crippen LogP contribution < -0.4 is 16.0 Å². The van der Waals surface area contributed by atoms with E-state index >= 15 is 0 Å². The van der Waals surface area contributed by atoms with Gasteiger partial charge in [-0.25, -0.2) is 4.98 Å². The molecule has 1 fully saturated rings. The zero-order chi connectivity index (χ0) is 17.9. The van der Waals surface area contributed by atoms with Gasteiger partial charge in [0, 0.05) is 31.0 Å². The molecule has 130 valence electrons. The van der Waals surface area contributed by atoms with E-state index in [4.69, 9.17) is 5.73 Å². The third-order valence-electron chi connectivity index (χ3n) is 4.52. The van der Waals surface area contributed by atoms with E-state index in [1.54, 1.807) is 6.20 Å². The Kier molecular flexibility index (Phi) is 4.86. The molecule has 6 nitrogen and oxygen atoms in total. The summed E-state index contributed by atoms with van der Waals surface area (Å²) in [6.45, 7) is 5.54. The van der Waals surface area contributed by atoms with Crippen LogP contribution in [0.3, 0.4) is 0 Å². The van der Waals surface area contributed by atoms with Gasteiger partial charge in [-0.2, -0.15) is 10.2 Å². The third kappa shape index (κ3) is 4.06. The second kappa shape index (κ2) is 7.08. The monoisotopic (exact) mass is 336 g/mol. The first-order valence-electron chi connectivity index (χ1n) is 8.60. The van der Waals surface area contributed by atoms with Crippen LogP contribution in [0.1, 0.15) is 32.3 Å². The van der Waals surface area contributed by atoms with Crippen LogP contribution in [0.2, 0.25) is 0 Å². The van der Waals surface area contributed by atoms with Gasteiger partial charge in [-0.05, 0) is 50.5 Å². The number of hydrogen-bond acceptors (Lipinski definition) is 6. The third-order valence-corrected chi connectivity index (χ3v) is 4.52. The number of nitrogens with zero attached hydrogens (tertiary/aromatic N) is 4. The number of anilines is 3. The van der Waals surface area contributed by atoms with Crippen molar-refractivity contribution in [1.82, 2.24) is 9.97 Å². The first kappa shape index (κ1) is 17.2. The van der Waals surface area contributed by atoms with Crippen molar-refractivity contribution in [2.45, 2.75) is 38.1 Å². The van der Waals surface area contributed by atoms with Crippen molar-refractivity contribution in [3.8, 4) is 6.07 Å². The van der Waals surface area contributed by atoms with Gasteiger partial charge in [0.15, 0.2) is 0 Å². The first-order chi connectivity index (χ1) is 12.0. The molecule has 1 saturated heterocycles. The maximum atomic E-state index is 9.32. The minimum atomic E-state index is -0.529. The molecular weight excluding hydrogens is 312 g/mol. The van der Waals surface area contributed by atoms with Gasteiger partial charge in [0.1, 0.15) is 5.82 Å². The van der Waals surface area contributed by atoms with E-state index in [0.29, 0.717) is 5.95 Å². The topological polar surface area (TPSA) is 90.9 Å². The van der Waals surface area contributed by atoms with E-state index in [1.165, 1.54) is 0 Å². The fourth-order valence-electron chi connectivity index (χ4n) is 2.96. The molecule has 0 amide bonds. The molecule has 0 radical (unpaired) electrons. The molecule has 1 aromatic heterocycles. The molecule has 1 aliphatic rings. The van der Waals surface area contributed by atoms with Gasteiger partial charge in [-0.3, -0.25) is 0 Å². The summed E-state index contributed by atoms with van der Waals surface area (Å²) in [5.41, 5.74) is 7.40. The lowest BCUT2D eigenvalue weighted by Gasteiger charge is -2.30. The Bertz CT molecular complexity index is 779. The molecule has 0 aliphatic carbocycles. The molecule has 1 atom stereocenters. The van der Waals surface area contributed by atoms with E-state index in [-0.39, 0.29) is 6.04 Å². The van der Waals surface area contributed by atoms with E-state index in [1.807, 2.05) is 44.2 Å². The summed E-state index contributed by atoms with van der Waals surface area (Å²) in [5.74, 6) is 1.43. The van der Waals surface area contributed by atoms with Crippen LogP contribution in [0.5, 0.6) is 0 Å². The summed E-state index contributed by atoms with van der Waals surface area (Å²) in [5, 5.41) is 12.6. The number of nitriles is 1. The Morgan fingerprint density at radius 2 is 2.20 bits per heavy atom. The van der Waals surface area contributed by atoms with Gasteiger partial charge in [-0.15, -0.1) is 0 Å². The van der Waals surface area contributed by atoms with Crippen molar-refractivity contribution in [1.29, 1.82) is 5.26 Å². The Morgan fingerprint density at radius 3 is 2.96 bits per heavy atom. The zero-order valence-corrected chi connectivity index (χ0v) is 14.7. The van der Waals surface area contributed by atoms with Crippen molar-refractivity contribution in [2.75, 3.05) is 23.3 Å². The standard InChI is InChI=1S/C19H24N6/c1-19(2,13-20)14-5-3-7-16(11-14)23-17-8-9-22-18(24-17)25-10-4-6-15(21)12-25/h3,5,7-9,11,15H,4,6,10,12,21H2,1-2H3,(H,22,23,24)/t15-/m0/s1. The maximum absolute atomic E-state index is 9.32. The molecule has 6 heteroatoms. The second-order valence-electron chi connectivity index (χ2n) is 7.03. The van der Waals surface area contributed by atoms with Crippen molar-refractivity contribution in [3.05, 3.63) is 42.1 Å². The fourth-order valence-corrected chi connectivity index (χ4v) is 2.96. The lowest BCUT2D eigenvalue weighted by atomic mass is 9.86. The predicted molar refractivity (Wildman–Crippen MR) is 99.8 cm³/mol. The minimum absolute atomic E-state index is 0.179. The van der Waals surface area contributed by atoms with Crippen molar-refractivity contribution >= 4 is 17.5 Å². The molecule has 0 bridgehead atoms. The van der Waals surface area contributed by atoms with Gasteiger partial charge in [0.25, 0.3) is 0 Å². The van der Waals surface area contributed by atoms with E-state index in [2.05, 4.69) is 26.3 Å². The lowest BCUT2D eigenvalue weighted by Crippen LogP contribution is -2.43. The first-order valence-corrected chi connectivity index (χ1v) is 8.60. The number of aromatic nitrogens is 2. The molecule has 0 spiro atoms. The average Bonchev–Trinajstić information content (AvgIpc) is 2.62. The van der Waals surface area contributed by atoms with Gasteiger partial charge in [-0.1, -0.05) is 12.1 Å². The molecule has 2 heterocycles. The number of nitrogens with two attached hydrogens (primary N) is 1. The van der Waals surface area contributed by atoms with Crippen LogP contribution in [0.15, 0.2) is 36.5 Å². The molecule has 0 unspecified atom stereocenters. The lowest BCUT2D eigenvalue weighted by molar-refractivity contribution is 0.500. The largest absolute Gasteiger partial charge is 0.340 e. The van der Waals surface area contributed by atoms with Crippen LogP contribution in [-0.4, -0.2) is 29.1 Å². The normalized spacial score (nSPS) is 17.8. The number of nitrogens with one attached hydrogen (secondary N) is 1. The number of rotatable bonds is 4. The molecule has 2 aromatic rings. The quantitative estimate of drug-likeness (QED) is 0.892. The van der Waals surface area contributed by atoms with E-state index in [0.717, 1.165) is 43.0 Å². The summed E-state index contributed by atoms with van der Waals surface area (Å²) < 4.78 is 0. The van der Waals surface area contributed by atoms with Gasteiger partial charge in [0.2, 0.25) is 5.95 Å². The van der Waals surface area contributed by atoms with Crippen LogP contribution in [0, 0.1) is 11.3 Å². The summed E-state index contributed by atoms with van der Waals surface area (Å²) in [4.78, 5) is 11.1. The summed E-state index contributed by atoms with van der Waals surface area (Å²) >= 11 is 0. The zero-order valence-electron chi connectivity index (χ0n) is 14.7. The van der Waals surface area contributed by atoms with Gasteiger partial charge in [0.05, 0.1) is 11.5 Å². The van der Waals surface area contributed by atoms with Crippen LogP contribution in [-0.2, 0) is 5.41 Å². The van der Waals surface area contributed by atoms with Crippen LogP contribution >= 0.6 is 0 Å². The minimum Gasteiger partial charge on any atom is -0.340 e. The number of hydrogen-bond donors (Lipinski definition) is 2. The SMILES string of the molecule is CC(C)(C#N)c1cccc(Nc2ccnc(N3CCC[C@H](N)C3)n2)c1. The average molecular weight is 336 g/mol. The summed E-state index contributed by atoms with van der Waals surface area (Å²) in [6, 6.07) is 12.2. The molecule has 25 heavy (non-hydrogen) atoms. The Morgan fingerprint density at radius 1 is 1.36 bits per heavy atom. The Balaban J connectivity index is 1.79. The molecule has 1 aromatic carbocycles. The predicted octanol–water partition coefficient (Wildman–Crippen LogP) is 2.95. The molecule has 3 rings (SSSR count). The summed E-state index contributed by atoms with van der Waals surface area (Å²) in [7, 11) is 0. The van der Waals surface area contributed by atoms with Crippen LogP contribution in [0.25, 0.3) is 0 Å². The van der Waals surface area contributed by atoms with Crippen molar-refractivity contribution in [3.63, 3.8) is 0 Å². The van der Waals surface area contributed by atoms with E-state index in [9.17, 15) is 5.26 Å². The van der Waals surface area contributed by atoms with E-state index < -0.39 is 5.41 Å². The highest BCUT2D eigenvalue weighted by atomic mass is 15.3. The maximum Gasteiger partial charge on any atom is 0.227 e. The Hall–Kier alpha value is -2.65. The van der Waals surface area contributed by atoms with Gasteiger partial charge >= 0.3 is 0 Å². The highest BCUT2D eigenvalue weighted by Gasteiger charge is 2.20. The highest BCUT2D eigenvalue weighted by Crippen LogP contribution is 2.26. The number of piperidine rings is 1. The smallest absolute Gasteiger partial charge is 0.227 e. The van der Waals surface area contributed by atoms with Crippen molar-refractivity contribution in [2.24, 2.45) is 5.73 Å². The molecular formula is C19H24N6. The summed E-state index contributed by atoms with van der Waals surface area (Å²) in [6.07, 6.45) is 3.87. The molecule has 1 aliphatic heterocycles. The second-order valence-corrected chi connectivity index (χ2v) is 7.03. The fraction of sp³-hybridized carbons (Fsp3) is 0.421. The molecule has 0 saturated carbocycles. The Labute approximate surface area is 148 Å². The van der Waals surface area contributed by atoms with Crippen molar-refractivity contribution < 1.29 is 0 Å². The molecule has 3 N–H and O–H groups in total.